The van der Waals surface area contributed by atoms with E-state index in [0.29, 0.717) is 38.9 Å². The maximum absolute atomic E-state index is 14.9. The summed E-state index contributed by atoms with van der Waals surface area (Å²) in [7, 11) is 4.08. The molecule has 2 atom stereocenters. The minimum atomic E-state index is -0.695. The quantitative estimate of drug-likeness (QED) is 0.633. The van der Waals surface area contributed by atoms with Crippen molar-refractivity contribution in [2.45, 2.75) is 31.9 Å². The van der Waals surface area contributed by atoms with Crippen LogP contribution >= 0.6 is 11.3 Å². The van der Waals surface area contributed by atoms with Crippen LogP contribution in [0.4, 0.5) is 10.1 Å². The predicted molar refractivity (Wildman–Crippen MR) is 123 cm³/mol. The first-order chi connectivity index (χ1) is 14.9. The highest BCUT2D eigenvalue weighted by Crippen LogP contribution is 2.27. The lowest BCUT2D eigenvalue weighted by Gasteiger charge is -2.22. The number of aliphatic hydroxyl groups excluding tert-OH is 1. The summed E-state index contributed by atoms with van der Waals surface area (Å²) in [5.74, 6) is 5.29. The fraction of sp³-hybridized carbons (Fsp3) is 0.391. The maximum Gasteiger partial charge on any atom is 0.275 e. The smallest absolute Gasteiger partial charge is 0.275 e. The van der Waals surface area contributed by atoms with Gasteiger partial charge < -0.3 is 14.9 Å². The van der Waals surface area contributed by atoms with Crippen LogP contribution in [0.15, 0.2) is 35.4 Å². The molecule has 0 spiro atoms. The fourth-order valence-electron chi connectivity index (χ4n) is 3.70. The van der Waals surface area contributed by atoms with Crippen LogP contribution in [0.1, 0.15) is 24.6 Å². The molecule has 1 N–H and O–H groups in total. The normalized spacial score (nSPS) is 17.2. The number of nitrogens with zero attached hydrogens (tertiary/aromatic N) is 4. The minimum Gasteiger partial charge on any atom is -0.380 e. The lowest BCUT2D eigenvalue weighted by Crippen LogP contribution is -2.31. The largest absolute Gasteiger partial charge is 0.380 e. The lowest BCUT2D eigenvalue weighted by atomic mass is 10.2. The molecule has 3 heterocycles. The molecule has 4 rings (SSSR count). The van der Waals surface area contributed by atoms with Gasteiger partial charge in [0.1, 0.15) is 22.9 Å². The van der Waals surface area contributed by atoms with Gasteiger partial charge >= 0.3 is 0 Å². The third-order valence-electron chi connectivity index (χ3n) is 5.63. The van der Waals surface area contributed by atoms with Crippen molar-refractivity contribution in [2.24, 2.45) is 0 Å². The van der Waals surface area contributed by atoms with Gasteiger partial charge in [0.05, 0.1) is 21.8 Å². The Morgan fingerprint density at radius 1 is 1.39 bits per heavy atom. The van der Waals surface area contributed by atoms with Gasteiger partial charge in [0.15, 0.2) is 0 Å². The van der Waals surface area contributed by atoms with Gasteiger partial charge in [0.25, 0.3) is 5.56 Å². The highest BCUT2D eigenvalue weighted by atomic mass is 32.1. The zero-order chi connectivity index (χ0) is 22.1. The predicted octanol–water partition coefficient (Wildman–Crippen LogP) is 2.85. The standard InChI is InChI=1S/C23H25FN4O2S/c1-4-17(29)6-7-18-12-20-22(31-18)23(30)28(14-25-20)15-5-8-21(19(24)11-15)27-10-9-16(13-27)26(2)3/h5,8,11-12,14,16-17,29H,4,9-10,13H2,1-3H3/t16-,17?/m1/s1. The van der Waals surface area contributed by atoms with E-state index in [9.17, 15) is 14.3 Å². The highest BCUT2D eigenvalue weighted by Gasteiger charge is 2.26. The summed E-state index contributed by atoms with van der Waals surface area (Å²) in [5, 5.41) is 9.62. The van der Waals surface area contributed by atoms with Crippen LogP contribution in [0.3, 0.4) is 0 Å². The van der Waals surface area contributed by atoms with Crippen molar-refractivity contribution >= 4 is 27.2 Å². The second kappa shape index (κ2) is 8.79. The van der Waals surface area contributed by atoms with Crippen LogP contribution in [0.5, 0.6) is 0 Å². The van der Waals surface area contributed by atoms with Crippen LogP contribution in [0, 0.1) is 17.7 Å². The molecule has 1 unspecified atom stereocenters. The summed E-state index contributed by atoms with van der Waals surface area (Å²) in [5.41, 5.74) is 1.27. The number of benzene rings is 1. The number of halogens is 1. The summed E-state index contributed by atoms with van der Waals surface area (Å²) in [6.45, 7) is 3.43. The Hall–Kier alpha value is -2.73. The van der Waals surface area contributed by atoms with Crippen molar-refractivity contribution in [1.29, 1.82) is 0 Å². The molecule has 6 nitrogen and oxygen atoms in total. The van der Waals surface area contributed by atoms with E-state index in [1.807, 2.05) is 25.9 Å². The van der Waals surface area contributed by atoms with E-state index in [0.717, 1.165) is 19.5 Å². The molecule has 8 heteroatoms. The molecule has 0 bridgehead atoms. The molecular weight excluding hydrogens is 415 g/mol. The van der Waals surface area contributed by atoms with Gasteiger partial charge in [0.2, 0.25) is 0 Å². The van der Waals surface area contributed by atoms with E-state index >= 15 is 0 Å². The topological polar surface area (TPSA) is 61.6 Å². The van der Waals surface area contributed by atoms with Gasteiger partial charge in [0, 0.05) is 25.2 Å². The number of thiophene rings is 1. The number of aromatic nitrogens is 2. The van der Waals surface area contributed by atoms with Crippen molar-refractivity contribution in [1.82, 2.24) is 14.5 Å². The first-order valence-corrected chi connectivity index (χ1v) is 11.1. The third kappa shape index (κ3) is 4.35. The molecule has 3 aromatic rings. The molecule has 2 aromatic heterocycles. The Morgan fingerprint density at radius 3 is 2.87 bits per heavy atom. The van der Waals surface area contributed by atoms with E-state index in [4.69, 9.17) is 0 Å². The van der Waals surface area contributed by atoms with Crippen LogP contribution < -0.4 is 10.5 Å². The van der Waals surface area contributed by atoms with Crippen LogP contribution in [-0.4, -0.2) is 58.9 Å². The van der Waals surface area contributed by atoms with E-state index in [2.05, 4.69) is 21.7 Å². The van der Waals surface area contributed by atoms with Gasteiger partial charge in [-0.05, 0) is 45.1 Å². The van der Waals surface area contributed by atoms with E-state index < -0.39 is 6.10 Å². The average molecular weight is 441 g/mol. The van der Waals surface area contributed by atoms with E-state index in [-0.39, 0.29) is 11.4 Å². The van der Waals surface area contributed by atoms with Crippen LogP contribution in [0.25, 0.3) is 15.9 Å². The highest BCUT2D eigenvalue weighted by molar-refractivity contribution is 7.19. The molecule has 1 fully saturated rings. The monoisotopic (exact) mass is 440 g/mol. The number of anilines is 1. The minimum absolute atomic E-state index is 0.264. The SMILES string of the molecule is CCC(O)C#Cc1cc2ncn(-c3ccc(N4CC[C@@H](N(C)C)C4)c(F)c3)c(=O)c2s1. The summed E-state index contributed by atoms with van der Waals surface area (Å²) in [6, 6.07) is 7.01. The molecule has 0 amide bonds. The number of aliphatic hydroxyl groups is 1. The average Bonchev–Trinajstić information content (AvgIpc) is 3.40. The summed E-state index contributed by atoms with van der Waals surface area (Å²) < 4.78 is 16.8. The molecule has 1 aliphatic heterocycles. The molecule has 1 aromatic carbocycles. The molecule has 0 saturated carbocycles. The third-order valence-corrected chi connectivity index (χ3v) is 6.66. The van der Waals surface area contributed by atoms with Crippen molar-refractivity contribution in [3.63, 3.8) is 0 Å². The summed E-state index contributed by atoms with van der Waals surface area (Å²) >= 11 is 1.23. The number of likely N-dealkylation sites (N-methyl/N-ethyl adjacent to an activating group) is 1. The molecule has 0 radical (unpaired) electrons. The van der Waals surface area contributed by atoms with Crippen LogP contribution in [0.2, 0.25) is 0 Å². The number of fused-ring (bicyclic) bond motifs is 1. The van der Waals surface area contributed by atoms with Gasteiger partial charge in [-0.1, -0.05) is 18.8 Å². The van der Waals surface area contributed by atoms with Crippen molar-refractivity contribution in [3.05, 3.63) is 51.6 Å². The first-order valence-electron chi connectivity index (χ1n) is 10.3. The number of hydrogen-bond acceptors (Lipinski definition) is 6. The Kier molecular flexibility index (Phi) is 6.10. The molecule has 31 heavy (non-hydrogen) atoms. The van der Waals surface area contributed by atoms with Gasteiger partial charge in [-0.2, -0.15) is 0 Å². The van der Waals surface area contributed by atoms with E-state index in [1.54, 1.807) is 18.2 Å². The van der Waals surface area contributed by atoms with Crippen molar-refractivity contribution in [3.8, 4) is 17.5 Å². The summed E-state index contributed by atoms with van der Waals surface area (Å²) in [6.07, 6.45) is 2.26. The fourth-order valence-corrected chi connectivity index (χ4v) is 4.60. The summed E-state index contributed by atoms with van der Waals surface area (Å²) in [4.78, 5) is 22.2. The van der Waals surface area contributed by atoms with E-state index in [1.165, 1.54) is 28.3 Å². The molecule has 0 aliphatic carbocycles. The van der Waals surface area contributed by atoms with Crippen molar-refractivity contribution < 1.29 is 9.50 Å². The number of hydrogen-bond donors (Lipinski definition) is 1. The zero-order valence-corrected chi connectivity index (χ0v) is 18.6. The lowest BCUT2D eigenvalue weighted by molar-refractivity contribution is 0.228. The Labute approximate surface area is 184 Å². The zero-order valence-electron chi connectivity index (χ0n) is 17.8. The second-order valence-corrected chi connectivity index (χ2v) is 8.98. The number of rotatable bonds is 4. The van der Waals surface area contributed by atoms with Gasteiger partial charge in [-0.15, -0.1) is 11.3 Å². The molecule has 1 aliphatic rings. The maximum atomic E-state index is 14.9. The second-order valence-electron chi connectivity index (χ2n) is 7.93. The molecule has 162 valence electrons. The molecule has 1 saturated heterocycles. The van der Waals surface area contributed by atoms with Crippen LogP contribution in [-0.2, 0) is 0 Å². The first kappa shape index (κ1) is 21.5. The Morgan fingerprint density at radius 2 is 2.19 bits per heavy atom. The van der Waals surface area contributed by atoms with Gasteiger partial charge in [-0.25, -0.2) is 9.37 Å². The molecular formula is C23H25FN4O2S. The Balaban J connectivity index is 1.64. The van der Waals surface area contributed by atoms with Gasteiger partial charge in [-0.3, -0.25) is 9.36 Å². The Bertz CT molecular complexity index is 1220. The van der Waals surface area contributed by atoms with Crippen molar-refractivity contribution in [2.75, 3.05) is 32.1 Å².